The van der Waals surface area contributed by atoms with E-state index in [0.717, 1.165) is 10.5 Å². The van der Waals surface area contributed by atoms with E-state index in [1.807, 2.05) is 0 Å². The van der Waals surface area contributed by atoms with Crippen LogP contribution in [0.3, 0.4) is 0 Å². The zero-order valence-electron chi connectivity index (χ0n) is 26.9. The van der Waals surface area contributed by atoms with Crippen molar-refractivity contribution in [3.05, 3.63) is 42.0 Å². The Bertz CT molecular complexity index is 1260. The van der Waals surface area contributed by atoms with Gasteiger partial charge in [-0.3, -0.25) is 33.7 Å². The van der Waals surface area contributed by atoms with Gasteiger partial charge < -0.3 is 31.7 Å². The average Bonchev–Trinajstić information content (AvgIpc) is 3.32. The zero-order valence-corrected chi connectivity index (χ0v) is 26.9. The molecule has 0 aliphatic carbocycles. The molecule has 252 valence electrons. The van der Waals surface area contributed by atoms with Gasteiger partial charge >= 0.3 is 12.0 Å². The van der Waals surface area contributed by atoms with Crippen LogP contribution in [0.1, 0.15) is 71.8 Å². The first-order valence-corrected chi connectivity index (χ1v) is 15.5. The summed E-state index contributed by atoms with van der Waals surface area (Å²) in [7, 11) is 0. The fraction of sp³-hybridized carbons (Fsp3) is 0.531. The number of esters is 1. The van der Waals surface area contributed by atoms with E-state index in [2.05, 4.69) is 21.3 Å². The molecule has 1 aromatic rings. The third-order valence-corrected chi connectivity index (χ3v) is 7.13. The molecule has 0 bridgehead atoms. The van der Waals surface area contributed by atoms with Crippen molar-refractivity contribution >= 4 is 47.2 Å². The smallest absolute Gasteiger partial charge is 0.312 e. The van der Waals surface area contributed by atoms with Gasteiger partial charge in [0.25, 0.3) is 11.8 Å². The quantitative estimate of drug-likeness (QED) is 0.0854. The van der Waals surface area contributed by atoms with Crippen molar-refractivity contribution in [2.45, 2.75) is 84.9 Å². The Labute approximate surface area is 269 Å². The number of carbonyl (C=O) groups excluding carboxylic acids is 7. The molecule has 2 atom stereocenters. The van der Waals surface area contributed by atoms with Crippen molar-refractivity contribution in [2.24, 2.45) is 17.6 Å². The van der Waals surface area contributed by atoms with Gasteiger partial charge in [0.05, 0.1) is 5.92 Å². The molecular weight excluding hydrogens is 596 g/mol. The van der Waals surface area contributed by atoms with Crippen LogP contribution in [0.15, 0.2) is 36.4 Å². The van der Waals surface area contributed by atoms with E-state index in [-0.39, 0.29) is 68.1 Å². The summed E-state index contributed by atoms with van der Waals surface area (Å²) in [6.07, 6.45) is 4.78. The lowest BCUT2D eigenvalue weighted by molar-refractivity contribution is -0.148. The molecule has 0 saturated heterocycles. The van der Waals surface area contributed by atoms with Gasteiger partial charge in [0, 0.05) is 37.3 Å². The summed E-state index contributed by atoms with van der Waals surface area (Å²) in [5.41, 5.74) is 6.32. The fourth-order valence-electron chi connectivity index (χ4n) is 4.45. The summed E-state index contributed by atoms with van der Waals surface area (Å²) in [5.74, 6) is -2.91. The van der Waals surface area contributed by atoms with Crippen LogP contribution in [0, 0.1) is 11.8 Å². The molecule has 1 unspecified atom stereocenters. The van der Waals surface area contributed by atoms with Gasteiger partial charge in [-0.25, -0.2) is 4.79 Å². The Morgan fingerprint density at radius 1 is 0.848 bits per heavy atom. The van der Waals surface area contributed by atoms with E-state index in [0.29, 0.717) is 31.4 Å². The molecule has 2 rings (SSSR count). The lowest BCUT2D eigenvalue weighted by Crippen LogP contribution is -2.54. The van der Waals surface area contributed by atoms with Gasteiger partial charge in [0.15, 0.2) is 0 Å². The second-order valence-electron chi connectivity index (χ2n) is 11.7. The van der Waals surface area contributed by atoms with Crippen LogP contribution in [0.5, 0.6) is 0 Å². The number of rotatable bonds is 19. The lowest BCUT2D eigenvalue weighted by Gasteiger charge is -2.25. The summed E-state index contributed by atoms with van der Waals surface area (Å²) in [6.45, 7) is 7.59. The number of nitrogens with zero attached hydrogens (tertiary/aromatic N) is 1. The molecule has 1 aliphatic heterocycles. The molecule has 14 heteroatoms. The summed E-state index contributed by atoms with van der Waals surface area (Å²) in [5, 5.41) is 10.7. The first kappa shape index (κ1) is 37.4. The maximum atomic E-state index is 13.3. The number of hydrogen-bond acceptors (Lipinski definition) is 8. The van der Waals surface area contributed by atoms with Crippen LogP contribution in [0.25, 0.3) is 0 Å². The summed E-state index contributed by atoms with van der Waals surface area (Å²) in [6, 6.07) is 4.11. The summed E-state index contributed by atoms with van der Waals surface area (Å²) >= 11 is 0. The largest absolute Gasteiger partial charge is 0.461 e. The SMILES string of the molecule is CC(C)C(=O)OCc1ccc(NC(=O)[C@H](CCCNC(N)=O)NC(=O)C(NC(=O)CCCCCN2C(=O)C=CC2=O)C(C)C)cc1. The van der Waals surface area contributed by atoms with E-state index >= 15 is 0 Å². The van der Waals surface area contributed by atoms with Crippen LogP contribution >= 0.6 is 0 Å². The maximum absolute atomic E-state index is 13.3. The van der Waals surface area contributed by atoms with E-state index < -0.39 is 29.9 Å². The molecule has 0 spiro atoms. The summed E-state index contributed by atoms with van der Waals surface area (Å²) < 4.78 is 5.22. The minimum Gasteiger partial charge on any atom is -0.461 e. The number of urea groups is 1. The highest BCUT2D eigenvalue weighted by Crippen LogP contribution is 2.14. The number of nitrogens with one attached hydrogen (secondary N) is 4. The standard InChI is InChI=1S/C32H46N6O8/c1-20(2)28(37-25(39)10-6-5-7-18-38-26(40)15-16-27(38)41)30(43)36-24(9-8-17-34-32(33)45)29(42)35-23-13-11-22(12-14-23)19-46-31(44)21(3)4/h11-16,20-21,24,28H,5-10,17-19H2,1-4H3,(H,35,42)(H,36,43)(H,37,39)(H3,33,34,45)/t24-,28?/m0/s1. The van der Waals surface area contributed by atoms with Gasteiger partial charge in [-0.2, -0.15) is 0 Å². The van der Waals surface area contributed by atoms with Gasteiger partial charge in [0.2, 0.25) is 17.7 Å². The maximum Gasteiger partial charge on any atom is 0.312 e. The zero-order chi connectivity index (χ0) is 34.2. The van der Waals surface area contributed by atoms with E-state index in [4.69, 9.17) is 10.5 Å². The predicted octanol–water partition coefficient (Wildman–Crippen LogP) is 1.88. The minimum absolute atomic E-state index is 0.0947. The second-order valence-corrected chi connectivity index (χ2v) is 11.7. The Kier molecular flexibility index (Phi) is 15.4. The van der Waals surface area contributed by atoms with Crippen molar-refractivity contribution in [1.82, 2.24) is 20.9 Å². The highest BCUT2D eigenvalue weighted by molar-refractivity contribution is 6.12. The third kappa shape index (κ3) is 13.1. The molecule has 1 aromatic carbocycles. The highest BCUT2D eigenvalue weighted by Gasteiger charge is 2.29. The second kappa shape index (κ2) is 18.9. The minimum atomic E-state index is -0.988. The Morgan fingerprint density at radius 3 is 2.09 bits per heavy atom. The first-order chi connectivity index (χ1) is 21.8. The highest BCUT2D eigenvalue weighted by atomic mass is 16.5. The van der Waals surface area contributed by atoms with Crippen molar-refractivity contribution in [2.75, 3.05) is 18.4 Å². The molecule has 0 radical (unpaired) electrons. The van der Waals surface area contributed by atoms with Gasteiger partial charge in [-0.05, 0) is 49.3 Å². The third-order valence-electron chi connectivity index (χ3n) is 7.13. The van der Waals surface area contributed by atoms with E-state index in [9.17, 15) is 33.6 Å². The van der Waals surface area contributed by atoms with Crippen LogP contribution in [-0.2, 0) is 40.1 Å². The number of unbranched alkanes of at least 4 members (excludes halogenated alkanes) is 2. The normalized spacial score (nSPS) is 13.8. The lowest BCUT2D eigenvalue weighted by atomic mass is 10.0. The Hall–Kier alpha value is -4.75. The average molecular weight is 643 g/mol. The Balaban J connectivity index is 1.95. The number of amides is 7. The number of hydrogen-bond donors (Lipinski definition) is 5. The number of benzene rings is 1. The number of anilines is 1. The number of carbonyl (C=O) groups is 7. The first-order valence-electron chi connectivity index (χ1n) is 15.5. The van der Waals surface area contributed by atoms with Gasteiger partial charge in [-0.1, -0.05) is 46.2 Å². The molecule has 46 heavy (non-hydrogen) atoms. The number of imide groups is 1. The van der Waals surface area contributed by atoms with Gasteiger partial charge in [-0.15, -0.1) is 0 Å². The molecule has 1 heterocycles. The number of nitrogens with two attached hydrogens (primary N) is 1. The molecule has 1 aliphatic rings. The van der Waals surface area contributed by atoms with Crippen LogP contribution in [0.2, 0.25) is 0 Å². The van der Waals surface area contributed by atoms with Crippen molar-refractivity contribution in [1.29, 1.82) is 0 Å². The van der Waals surface area contributed by atoms with Crippen LogP contribution in [0.4, 0.5) is 10.5 Å². The molecule has 7 amide bonds. The van der Waals surface area contributed by atoms with E-state index in [1.165, 1.54) is 12.2 Å². The molecule has 6 N–H and O–H groups in total. The predicted molar refractivity (Wildman–Crippen MR) is 170 cm³/mol. The summed E-state index contributed by atoms with van der Waals surface area (Å²) in [4.78, 5) is 86.5. The number of primary amides is 1. The van der Waals surface area contributed by atoms with Crippen LogP contribution in [-0.4, -0.2) is 71.6 Å². The van der Waals surface area contributed by atoms with Crippen LogP contribution < -0.4 is 27.0 Å². The molecule has 0 aromatic heterocycles. The monoisotopic (exact) mass is 642 g/mol. The molecule has 14 nitrogen and oxygen atoms in total. The van der Waals surface area contributed by atoms with E-state index in [1.54, 1.807) is 52.0 Å². The van der Waals surface area contributed by atoms with Crippen molar-refractivity contribution in [3.63, 3.8) is 0 Å². The molecule has 0 saturated carbocycles. The molecular formula is C32H46N6O8. The Morgan fingerprint density at radius 2 is 1.50 bits per heavy atom. The molecule has 0 fully saturated rings. The van der Waals surface area contributed by atoms with Gasteiger partial charge in [0.1, 0.15) is 18.7 Å². The van der Waals surface area contributed by atoms with Crippen molar-refractivity contribution in [3.8, 4) is 0 Å². The topological polar surface area (TPSA) is 206 Å². The fourth-order valence-corrected chi connectivity index (χ4v) is 4.45. The van der Waals surface area contributed by atoms with Crippen molar-refractivity contribution < 1.29 is 38.3 Å². The number of ether oxygens (including phenoxy) is 1.